The second-order valence-electron chi connectivity index (χ2n) is 6.15. The highest BCUT2D eigenvalue weighted by atomic mass is 35.5. The molecule has 10 heteroatoms. The quantitative estimate of drug-likeness (QED) is 0.364. The molecule has 0 radical (unpaired) electrons. The zero-order valence-corrected chi connectivity index (χ0v) is 16.5. The Kier molecular flexibility index (Phi) is 6.38. The fourth-order valence-corrected chi connectivity index (χ4v) is 4.51. The second kappa shape index (κ2) is 8.76. The van der Waals surface area contributed by atoms with Crippen molar-refractivity contribution in [1.29, 1.82) is 0 Å². The zero-order chi connectivity index (χ0) is 20.1. The third-order valence-corrected chi connectivity index (χ3v) is 6.40. The maximum atomic E-state index is 12.6. The van der Waals surface area contributed by atoms with Crippen LogP contribution in [0.4, 0.5) is 5.69 Å². The lowest BCUT2D eigenvalue weighted by Crippen LogP contribution is -2.27. The number of sulfonamides is 1. The highest BCUT2D eigenvalue weighted by molar-refractivity contribution is 7.89. The molecule has 1 heterocycles. The maximum Gasteiger partial charge on any atom is 0.312 e. The van der Waals surface area contributed by atoms with Crippen molar-refractivity contribution in [3.63, 3.8) is 0 Å². The molecular weight excluding hydrogens is 408 g/mol. The highest BCUT2D eigenvalue weighted by Gasteiger charge is 2.29. The molecule has 2 aromatic rings. The van der Waals surface area contributed by atoms with E-state index in [0.717, 1.165) is 18.9 Å². The van der Waals surface area contributed by atoms with Gasteiger partial charge in [-0.25, -0.2) is 8.42 Å². The lowest BCUT2D eigenvalue weighted by molar-refractivity contribution is -0.386. The van der Waals surface area contributed by atoms with Gasteiger partial charge in [0.1, 0.15) is 19.0 Å². The minimum atomic E-state index is -3.74. The monoisotopic (exact) mass is 426 g/mol. The van der Waals surface area contributed by atoms with E-state index in [1.807, 2.05) is 0 Å². The summed E-state index contributed by atoms with van der Waals surface area (Å²) in [5.74, 6) is 0.583. The molecule has 0 aromatic heterocycles. The Hall–Kier alpha value is -2.36. The van der Waals surface area contributed by atoms with Gasteiger partial charge in [-0.15, -0.1) is 0 Å². The summed E-state index contributed by atoms with van der Waals surface area (Å²) < 4.78 is 37.4. The first-order chi connectivity index (χ1) is 13.4. The third kappa shape index (κ3) is 4.73. The van der Waals surface area contributed by atoms with Gasteiger partial charge in [0.2, 0.25) is 10.0 Å². The maximum absolute atomic E-state index is 12.6. The number of hydrogen-bond donors (Lipinski definition) is 0. The molecule has 0 saturated carbocycles. The van der Waals surface area contributed by atoms with E-state index in [0.29, 0.717) is 23.9 Å². The number of hydrogen-bond acceptors (Lipinski definition) is 6. The highest BCUT2D eigenvalue weighted by Crippen LogP contribution is 2.31. The van der Waals surface area contributed by atoms with Crippen molar-refractivity contribution in [1.82, 2.24) is 4.31 Å². The van der Waals surface area contributed by atoms with Gasteiger partial charge in [-0.3, -0.25) is 10.1 Å². The molecule has 0 bridgehead atoms. The van der Waals surface area contributed by atoms with Gasteiger partial charge in [0, 0.05) is 24.2 Å². The van der Waals surface area contributed by atoms with E-state index < -0.39 is 20.6 Å². The summed E-state index contributed by atoms with van der Waals surface area (Å²) in [6.45, 7) is 1.07. The average molecular weight is 427 g/mol. The van der Waals surface area contributed by atoms with Crippen molar-refractivity contribution in [3.05, 3.63) is 57.6 Å². The Labute approximate surface area is 167 Å². The largest absolute Gasteiger partial charge is 0.490 e. The van der Waals surface area contributed by atoms with Crippen LogP contribution in [-0.4, -0.2) is 43.9 Å². The normalized spacial score (nSPS) is 14.8. The molecule has 8 nitrogen and oxygen atoms in total. The molecule has 0 aliphatic carbocycles. The van der Waals surface area contributed by atoms with Gasteiger partial charge in [0.15, 0.2) is 5.75 Å². The number of nitro groups is 1. The smallest absolute Gasteiger partial charge is 0.312 e. The van der Waals surface area contributed by atoms with E-state index in [1.54, 1.807) is 24.3 Å². The number of benzene rings is 2. The summed E-state index contributed by atoms with van der Waals surface area (Å²) in [7, 11) is -3.74. The molecule has 0 amide bonds. The Morgan fingerprint density at radius 3 is 2.32 bits per heavy atom. The molecule has 0 unspecified atom stereocenters. The zero-order valence-electron chi connectivity index (χ0n) is 14.9. The molecule has 2 aromatic carbocycles. The van der Waals surface area contributed by atoms with E-state index in [1.165, 1.54) is 16.4 Å². The van der Waals surface area contributed by atoms with Crippen LogP contribution in [0.1, 0.15) is 12.8 Å². The molecule has 0 atom stereocenters. The van der Waals surface area contributed by atoms with Crippen LogP contribution in [0.3, 0.4) is 0 Å². The first-order valence-corrected chi connectivity index (χ1v) is 10.5. The van der Waals surface area contributed by atoms with Gasteiger partial charge in [0.05, 0.1) is 9.82 Å². The van der Waals surface area contributed by atoms with Gasteiger partial charge >= 0.3 is 5.69 Å². The fraction of sp³-hybridized carbons (Fsp3) is 0.333. The SMILES string of the molecule is O=[N+]([O-])c1cc(S(=O)(=O)N2CCCC2)ccc1OCCOc1ccc(Cl)cc1. The van der Waals surface area contributed by atoms with Crippen LogP contribution in [0.25, 0.3) is 0 Å². The van der Waals surface area contributed by atoms with Crippen LogP contribution < -0.4 is 9.47 Å². The predicted molar refractivity (Wildman–Crippen MR) is 104 cm³/mol. The lowest BCUT2D eigenvalue weighted by Gasteiger charge is -2.16. The number of rotatable bonds is 8. The van der Waals surface area contributed by atoms with Crippen molar-refractivity contribution in [2.45, 2.75) is 17.7 Å². The van der Waals surface area contributed by atoms with Crippen LogP contribution >= 0.6 is 11.6 Å². The van der Waals surface area contributed by atoms with Crippen LogP contribution in [0, 0.1) is 10.1 Å². The summed E-state index contributed by atoms with van der Waals surface area (Å²) in [6.07, 6.45) is 1.58. The first-order valence-electron chi connectivity index (χ1n) is 8.68. The summed E-state index contributed by atoms with van der Waals surface area (Å²) in [5.41, 5.74) is -0.397. The van der Waals surface area contributed by atoms with Crippen molar-refractivity contribution in [2.75, 3.05) is 26.3 Å². The van der Waals surface area contributed by atoms with E-state index in [4.69, 9.17) is 21.1 Å². The number of nitrogens with zero attached hydrogens (tertiary/aromatic N) is 2. The number of nitro benzene ring substituents is 1. The van der Waals surface area contributed by atoms with E-state index in [2.05, 4.69) is 0 Å². The molecule has 0 N–H and O–H groups in total. The lowest BCUT2D eigenvalue weighted by atomic mass is 10.3. The van der Waals surface area contributed by atoms with Gasteiger partial charge < -0.3 is 9.47 Å². The summed E-state index contributed by atoms with van der Waals surface area (Å²) >= 11 is 5.80. The number of halogens is 1. The standard InChI is InChI=1S/C18H19ClN2O6S/c19-14-3-5-15(6-4-14)26-11-12-27-18-8-7-16(13-17(18)21(22)23)28(24,25)20-9-1-2-10-20/h3-8,13H,1-2,9-12H2. The minimum Gasteiger partial charge on any atom is -0.490 e. The minimum absolute atomic E-state index is 0.00919. The molecule has 3 rings (SSSR count). The second-order valence-corrected chi connectivity index (χ2v) is 8.52. The van der Waals surface area contributed by atoms with Crippen LogP contribution in [-0.2, 0) is 10.0 Å². The van der Waals surface area contributed by atoms with Gasteiger partial charge in [-0.2, -0.15) is 4.31 Å². The summed E-state index contributed by atoms with van der Waals surface area (Å²) in [6, 6.07) is 10.4. The third-order valence-electron chi connectivity index (χ3n) is 4.25. The molecule has 1 aliphatic heterocycles. The average Bonchev–Trinajstić information content (AvgIpc) is 3.22. The Morgan fingerprint density at radius 1 is 1.04 bits per heavy atom. The molecule has 1 aliphatic rings. The van der Waals surface area contributed by atoms with Gasteiger partial charge in [0.25, 0.3) is 0 Å². The van der Waals surface area contributed by atoms with Crippen molar-refractivity contribution in [3.8, 4) is 11.5 Å². The molecule has 1 saturated heterocycles. The predicted octanol–water partition coefficient (Wildman–Crippen LogP) is 3.49. The van der Waals surface area contributed by atoms with E-state index in [9.17, 15) is 18.5 Å². The van der Waals surface area contributed by atoms with Crippen LogP contribution in [0.5, 0.6) is 11.5 Å². The Balaban J connectivity index is 1.67. The van der Waals surface area contributed by atoms with Crippen molar-refractivity contribution >= 4 is 27.3 Å². The molecule has 0 spiro atoms. The van der Waals surface area contributed by atoms with E-state index in [-0.39, 0.29) is 23.9 Å². The first kappa shape index (κ1) is 20.4. The van der Waals surface area contributed by atoms with Crippen molar-refractivity contribution < 1.29 is 22.8 Å². The molecule has 28 heavy (non-hydrogen) atoms. The summed E-state index contributed by atoms with van der Waals surface area (Å²) in [4.78, 5) is 10.6. The van der Waals surface area contributed by atoms with Gasteiger partial charge in [-0.1, -0.05) is 11.6 Å². The Bertz CT molecular complexity index is 943. The topological polar surface area (TPSA) is 99.0 Å². The van der Waals surface area contributed by atoms with Crippen LogP contribution in [0.2, 0.25) is 5.02 Å². The number of ether oxygens (including phenoxy) is 2. The molecule has 1 fully saturated rings. The van der Waals surface area contributed by atoms with Gasteiger partial charge in [-0.05, 0) is 49.2 Å². The van der Waals surface area contributed by atoms with E-state index >= 15 is 0 Å². The molecule has 150 valence electrons. The summed E-state index contributed by atoms with van der Waals surface area (Å²) in [5, 5.41) is 12.0. The van der Waals surface area contributed by atoms with Crippen molar-refractivity contribution in [2.24, 2.45) is 0 Å². The molecular formula is C18H19ClN2O6S. The van der Waals surface area contributed by atoms with Crippen LogP contribution in [0.15, 0.2) is 47.4 Å². The fourth-order valence-electron chi connectivity index (χ4n) is 2.84. The Morgan fingerprint density at radius 2 is 1.68 bits per heavy atom.